The molecule has 1 saturated heterocycles. The number of amides is 1. The van der Waals surface area contributed by atoms with Crippen molar-refractivity contribution in [2.24, 2.45) is 16.6 Å². The van der Waals surface area contributed by atoms with Crippen LogP contribution in [-0.2, 0) is 11.2 Å². The molecule has 2 bridgehead atoms. The van der Waals surface area contributed by atoms with Crippen LogP contribution in [0, 0.1) is 10.8 Å². The van der Waals surface area contributed by atoms with E-state index in [2.05, 4.69) is 36.3 Å². The maximum Gasteiger partial charge on any atom is 0.246 e. The van der Waals surface area contributed by atoms with E-state index in [9.17, 15) is 4.79 Å². The predicted octanol–water partition coefficient (Wildman–Crippen LogP) is 2.75. The quantitative estimate of drug-likeness (QED) is 0.690. The van der Waals surface area contributed by atoms with Gasteiger partial charge in [-0.05, 0) is 49.4 Å². The molecular weight excluding hydrogens is 388 g/mol. The molecule has 5 aliphatic rings. The van der Waals surface area contributed by atoms with Crippen molar-refractivity contribution in [1.82, 2.24) is 15.3 Å². The van der Waals surface area contributed by atoms with E-state index in [0.29, 0.717) is 12.0 Å². The Hall–Kier alpha value is -1.89. The van der Waals surface area contributed by atoms with E-state index in [4.69, 9.17) is 15.7 Å². The first-order chi connectivity index (χ1) is 14.7. The number of hydrogen-bond donors (Lipinski definition) is 3. The molecule has 6 rings (SSSR count). The third-order valence-corrected chi connectivity index (χ3v) is 10.4. The topological polar surface area (TPSA) is 96.2 Å². The Kier molecular flexibility index (Phi) is 3.90. The SMILES string of the molecule is CC1(C)[C@]2(N)CC[C@@]1(C)[C@H](Nc1ncc3c(n1)N(C1CCCC1)[C@]1(CCNC1=O)C3)C2. The van der Waals surface area contributed by atoms with Crippen LogP contribution in [0.5, 0.6) is 0 Å². The number of fused-ring (bicyclic) bond motifs is 3. The van der Waals surface area contributed by atoms with Crippen LogP contribution in [0.15, 0.2) is 6.20 Å². The van der Waals surface area contributed by atoms with Crippen LogP contribution in [0.25, 0.3) is 0 Å². The molecule has 1 aromatic heterocycles. The van der Waals surface area contributed by atoms with E-state index in [-0.39, 0.29) is 28.3 Å². The minimum Gasteiger partial charge on any atom is -0.354 e. The lowest BCUT2D eigenvalue weighted by Crippen LogP contribution is -2.56. The molecule has 4 N–H and O–H groups in total. The lowest BCUT2D eigenvalue weighted by atomic mass is 9.68. The molecule has 1 spiro atoms. The Balaban J connectivity index is 1.34. The molecule has 1 aromatic rings. The van der Waals surface area contributed by atoms with Crippen LogP contribution < -0.4 is 21.3 Å². The smallest absolute Gasteiger partial charge is 0.246 e. The van der Waals surface area contributed by atoms with Crippen molar-refractivity contribution < 1.29 is 4.79 Å². The van der Waals surface area contributed by atoms with Crippen LogP contribution in [-0.4, -0.2) is 45.6 Å². The average molecular weight is 425 g/mol. The van der Waals surface area contributed by atoms with E-state index in [1.807, 2.05) is 6.20 Å². The number of nitrogens with zero attached hydrogens (tertiary/aromatic N) is 3. The first kappa shape index (κ1) is 19.8. The van der Waals surface area contributed by atoms with Crippen LogP contribution in [0.2, 0.25) is 0 Å². The van der Waals surface area contributed by atoms with E-state index in [1.54, 1.807) is 0 Å². The Bertz CT molecular complexity index is 942. The third-order valence-electron chi connectivity index (χ3n) is 10.4. The molecule has 2 aliphatic heterocycles. The van der Waals surface area contributed by atoms with Crippen molar-refractivity contribution >= 4 is 17.7 Å². The van der Waals surface area contributed by atoms with Crippen LogP contribution in [0.3, 0.4) is 0 Å². The maximum absolute atomic E-state index is 13.0. The lowest BCUT2D eigenvalue weighted by Gasteiger charge is -2.40. The van der Waals surface area contributed by atoms with E-state index >= 15 is 0 Å². The Morgan fingerprint density at radius 2 is 1.97 bits per heavy atom. The highest BCUT2D eigenvalue weighted by Crippen LogP contribution is 2.66. The van der Waals surface area contributed by atoms with Crippen molar-refractivity contribution in [3.05, 3.63) is 11.8 Å². The molecule has 0 unspecified atom stereocenters. The first-order valence-corrected chi connectivity index (χ1v) is 12.2. The summed E-state index contributed by atoms with van der Waals surface area (Å²) in [4.78, 5) is 25.2. The van der Waals surface area contributed by atoms with Gasteiger partial charge >= 0.3 is 0 Å². The minimum atomic E-state index is -0.466. The Labute approximate surface area is 185 Å². The molecule has 4 atom stereocenters. The van der Waals surface area contributed by atoms with Crippen molar-refractivity contribution in [2.75, 3.05) is 16.8 Å². The second kappa shape index (κ2) is 6.12. The largest absolute Gasteiger partial charge is 0.354 e. The zero-order valence-corrected chi connectivity index (χ0v) is 19.1. The first-order valence-electron chi connectivity index (χ1n) is 12.2. The number of aromatic nitrogens is 2. The highest BCUT2D eigenvalue weighted by molar-refractivity contribution is 5.94. The monoisotopic (exact) mass is 424 g/mol. The lowest BCUT2D eigenvalue weighted by molar-refractivity contribution is -0.123. The Morgan fingerprint density at radius 3 is 2.58 bits per heavy atom. The van der Waals surface area contributed by atoms with Crippen LogP contribution in [0.4, 0.5) is 11.8 Å². The molecule has 168 valence electrons. The summed E-state index contributed by atoms with van der Waals surface area (Å²) in [5.74, 6) is 1.84. The van der Waals surface area contributed by atoms with Crippen LogP contribution in [0.1, 0.15) is 77.7 Å². The van der Waals surface area contributed by atoms with Gasteiger partial charge in [-0.3, -0.25) is 4.79 Å². The maximum atomic E-state index is 13.0. The fourth-order valence-corrected chi connectivity index (χ4v) is 7.75. The molecule has 31 heavy (non-hydrogen) atoms. The van der Waals surface area contributed by atoms with Gasteiger partial charge < -0.3 is 21.3 Å². The number of carbonyl (C=O) groups is 1. The van der Waals surface area contributed by atoms with Crippen molar-refractivity contribution in [1.29, 1.82) is 0 Å². The molecule has 0 aromatic carbocycles. The van der Waals surface area contributed by atoms with Gasteiger partial charge in [0, 0.05) is 42.3 Å². The molecule has 1 amide bonds. The second-order valence-corrected chi connectivity index (χ2v) is 11.7. The third kappa shape index (κ3) is 2.36. The van der Waals surface area contributed by atoms with Crippen LogP contribution >= 0.6 is 0 Å². The fourth-order valence-electron chi connectivity index (χ4n) is 7.75. The summed E-state index contributed by atoms with van der Waals surface area (Å²) in [6.45, 7) is 7.79. The van der Waals surface area contributed by atoms with E-state index < -0.39 is 5.54 Å². The number of carbonyl (C=O) groups excluding carboxylic acids is 1. The standard InChI is InChI=1S/C24H36N6O/c1-21(2)22(3)8-9-24(21,25)13-17(22)28-20-27-14-15-12-23(10-11-26-19(23)31)30(18(15)29-20)16-6-4-5-7-16/h14,16-17H,4-13,25H2,1-3H3,(H,26,31)(H,27,28,29)/t17-,22+,23-,24+/m1/s1. The summed E-state index contributed by atoms with van der Waals surface area (Å²) in [7, 11) is 0. The highest BCUT2D eigenvalue weighted by Gasteiger charge is 2.68. The molecule has 3 heterocycles. The van der Waals surface area contributed by atoms with Gasteiger partial charge in [-0.2, -0.15) is 4.98 Å². The van der Waals surface area contributed by atoms with Gasteiger partial charge in [-0.25, -0.2) is 4.98 Å². The van der Waals surface area contributed by atoms with Gasteiger partial charge in [0.25, 0.3) is 0 Å². The molecule has 4 fully saturated rings. The zero-order valence-electron chi connectivity index (χ0n) is 19.1. The van der Waals surface area contributed by atoms with Crippen molar-refractivity contribution in [3.63, 3.8) is 0 Å². The summed E-state index contributed by atoms with van der Waals surface area (Å²) >= 11 is 0. The summed E-state index contributed by atoms with van der Waals surface area (Å²) < 4.78 is 0. The number of rotatable bonds is 3. The molecule has 7 nitrogen and oxygen atoms in total. The van der Waals surface area contributed by atoms with Gasteiger partial charge in [0.15, 0.2) is 0 Å². The molecule has 7 heteroatoms. The van der Waals surface area contributed by atoms with E-state index in [1.165, 1.54) is 12.8 Å². The van der Waals surface area contributed by atoms with Gasteiger partial charge in [-0.15, -0.1) is 0 Å². The number of nitrogens with two attached hydrogens (primary N) is 1. The summed E-state index contributed by atoms with van der Waals surface area (Å²) in [5, 5.41) is 6.79. The summed E-state index contributed by atoms with van der Waals surface area (Å²) in [6.07, 6.45) is 11.5. The van der Waals surface area contributed by atoms with Gasteiger partial charge in [0.1, 0.15) is 11.4 Å². The van der Waals surface area contributed by atoms with Crippen molar-refractivity contribution in [3.8, 4) is 0 Å². The number of anilines is 2. The number of hydrogen-bond acceptors (Lipinski definition) is 6. The average Bonchev–Trinajstić information content (AvgIpc) is 3.49. The minimum absolute atomic E-state index is 0.0796. The molecular formula is C24H36N6O. The highest BCUT2D eigenvalue weighted by atomic mass is 16.2. The normalized spacial score (nSPS) is 40.7. The Morgan fingerprint density at radius 1 is 1.19 bits per heavy atom. The summed E-state index contributed by atoms with van der Waals surface area (Å²) in [6, 6.07) is 0.670. The van der Waals surface area contributed by atoms with Gasteiger partial charge in [0.05, 0.1) is 0 Å². The predicted molar refractivity (Wildman–Crippen MR) is 121 cm³/mol. The fraction of sp³-hybridized carbons (Fsp3) is 0.792. The number of nitrogens with one attached hydrogen (secondary N) is 2. The van der Waals surface area contributed by atoms with Gasteiger partial charge in [0.2, 0.25) is 11.9 Å². The zero-order chi connectivity index (χ0) is 21.6. The molecule has 3 saturated carbocycles. The molecule has 0 radical (unpaired) electrons. The second-order valence-electron chi connectivity index (χ2n) is 11.7. The van der Waals surface area contributed by atoms with E-state index in [0.717, 1.165) is 62.9 Å². The van der Waals surface area contributed by atoms with Crippen molar-refractivity contribution in [2.45, 2.75) is 102 Å². The molecule has 3 aliphatic carbocycles. The summed E-state index contributed by atoms with van der Waals surface area (Å²) in [5.41, 5.74) is 7.59. The van der Waals surface area contributed by atoms with Gasteiger partial charge in [-0.1, -0.05) is 33.6 Å².